The number of carbonyl (C=O) groups excluding carboxylic acids is 1. The van der Waals surface area contributed by atoms with Crippen molar-refractivity contribution in [3.8, 4) is 17.2 Å². The van der Waals surface area contributed by atoms with Crippen LogP contribution in [0.1, 0.15) is 25.0 Å². The highest BCUT2D eigenvalue weighted by molar-refractivity contribution is 14.1. The van der Waals surface area contributed by atoms with E-state index in [-0.39, 0.29) is 11.6 Å². The number of ether oxygens (including phenoxy) is 4. The summed E-state index contributed by atoms with van der Waals surface area (Å²) in [5.41, 5.74) is 1.71. The molecule has 0 bridgehead atoms. The Morgan fingerprint density at radius 2 is 1.82 bits per heavy atom. The van der Waals surface area contributed by atoms with Crippen LogP contribution in [0.4, 0.5) is 0 Å². The minimum atomic E-state index is -0.493. The zero-order valence-electron chi connectivity index (χ0n) is 15.8. The van der Waals surface area contributed by atoms with Crippen LogP contribution < -0.4 is 14.2 Å². The number of methoxy groups -OCH3 is 1. The molecule has 28 heavy (non-hydrogen) atoms. The van der Waals surface area contributed by atoms with E-state index in [9.17, 15) is 4.79 Å². The van der Waals surface area contributed by atoms with Gasteiger partial charge in [-0.25, -0.2) is 9.79 Å². The van der Waals surface area contributed by atoms with Gasteiger partial charge in [0.25, 0.3) is 0 Å². The molecule has 1 aliphatic heterocycles. The van der Waals surface area contributed by atoms with Crippen molar-refractivity contribution >= 4 is 40.5 Å². The van der Waals surface area contributed by atoms with E-state index in [4.69, 9.17) is 18.9 Å². The molecule has 0 radical (unpaired) electrons. The summed E-state index contributed by atoms with van der Waals surface area (Å²) in [7, 11) is 1.59. The van der Waals surface area contributed by atoms with Crippen molar-refractivity contribution in [3.63, 3.8) is 0 Å². The van der Waals surface area contributed by atoms with Gasteiger partial charge < -0.3 is 18.9 Å². The number of nitrogens with zero attached hydrogens (tertiary/aromatic N) is 1. The Bertz CT molecular complexity index is 935. The van der Waals surface area contributed by atoms with Crippen molar-refractivity contribution in [1.29, 1.82) is 0 Å². The van der Waals surface area contributed by atoms with Crippen molar-refractivity contribution in [2.45, 2.75) is 13.8 Å². The van der Waals surface area contributed by atoms with E-state index in [2.05, 4.69) is 27.6 Å². The van der Waals surface area contributed by atoms with Crippen molar-refractivity contribution in [1.82, 2.24) is 0 Å². The standard InChI is InChI=1S/C21H20INO5/c1-4-26-18-12-13(10-16(22)19(18)27-5-2)11-17-21(24)28-20(23-17)14-6-8-15(25-3)9-7-14/h6-12H,4-5H2,1-3H3. The molecule has 0 fully saturated rings. The predicted molar refractivity (Wildman–Crippen MR) is 115 cm³/mol. The maximum atomic E-state index is 12.3. The second-order valence-electron chi connectivity index (χ2n) is 5.76. The second kappa shape index (κ2) is 9.09. The molecule has 146 valence electrons. The summed E-state index contributed by atoms with van der Waals surface area (Å²) >= 11 is 2.19. The number of cyclic esters (lactones) is 1. The van der Waals surface area contributed by atoms with Crippen LogP contribution >= 0.6 is 22.6 Å². The molecule has 6 nitrogen and oxygen atoms in total. The fraction of sp³-hybridized carbons (Fsp3) is 0.238. The van der Waals surface area contributed by atoms with Crippen molar-refractivity contribution < 1.29 is 23.7 Å². The number of hydrogen-bond donors (Lipinski definition) is 0. The first-order valence-electron chi connectivity index (χ1n) is 8.81. The maximum absolute atomic E-state index is 12.3. The van der Waals surface area contributed by atoms with Gasteiger partial charge in [-0.1, -0.05) is 0 Å². The Hall–Kier alpha value is -2.55. The van der Waals surface area contributed by atoms with Crippen LogP contribution in [0.2, 0.25) is 0 Å². The molecule has 0 aliphatic carbocycles. The van der Waals surface area contributed by atoms with Crippen LogP contribution in [-0.2, 0) is 9.53 Å². The Morgan fingerprint density at radius 3 is 2.46 bits per heavy atom. The number of esters is 1. The highest BCUT2D eigenvalue weighted by Crippen LogP contribution is 2.35. The third-order valence-corrected chi connectivity index (χ3v) is 4.68. The first kappa shape index (κ1) is 20.2. The van der Waals surface area contributed by atoms with E-state index in [1.807, 2.05) is 26.0 Å². The SMILES string of the molecule is CCOc1cc(C=C2N=C(c3ccc(OC)cc3)OC2=O)cc(I)c1OCC. The third-order valence-electron chi connectivity index (χ3n) is 3.88. The van der Waals surface area contributed by atoms with Crippen LogP contribution in [0.25, 0.3) is 6.08 Å². The van der Waals surface area contributed by atoms with Gasteiger partial charge in [-0.15, -0.1) is 0 Å². The summed E-state index contributed by atoms with van der Waals surface area (Å²) in [6.45, 7) is 4.88. The Balaban J connectivity index is 1.93. The maximum Gasteiger partial charge on any atom is 0.363 e. The molecule has 2 aromatic rings. The molecule has 1 aliphatic rings. The van der Waals surface area contributed by atoms with Crippen LogP contribution in [0, 0.1) is 3.57 Å². The summed E-state index contributed by atoms with van der Waals surface area (Å²) < 4.78 is 22.7. The fourth-order valence-electron chi connectivity index (χ4n) is 2.64. The molecule has 2 aromatic carbocycles. The molecule has 0 amide bonds. The summed E-state index contributed by atoms with van der Waals surface area (Å²) in [6.07, 6.45) is 1.68. The normalized spacial score (nSPS) is 14.6. The number of benzene rings is 2. The Kier molecular flexibility index (Phi) is 6.56. The van der Waals surface area contributed by atoms with E-state index >= 15 is 0 Å². The van der Waals surface area contributed by atoms with Crippen LogP contribution in [0.15, 0.2) is 47.1 Å². The highest BCUT2D eigenvalue weighted by atomic mass is 127. The van der Waals surface area contributed by atoms with Crippen molar-refractivity contribution in [2.24, 2.45) is 4.99 Å². The lowest BCUT2D eigenvalue weighted by atomic mass is 10.1. The smallest absolute Gasteiger partial charge is 0.363 e. The predicted octanol–water partition coefficient (Wildman–Crippen LogP) is 4.44. The number of carbonyl (C=O) groups is 1. The van der Waals surface area contributed by atoms with Gasteiger partial charge in [0, 0.05) is 5.56 Å². The minimum Gasteiger partial charge on any atom is -0.497 e. The molecule has 0 unspecified atom stereocenters. The lowest BCUT2D eigenvalue weighted by Gasteiger charge is -2.13. The summed E-state index contributed by atoms with van der Waals surface area (Å²) in [4.78, 5) is 16.6. The molecular weight excluding hydrogens is 473 g/mol. The average Bonchev–Trinajstić information content (AvgIpc) is 3.05. The van der Waals surface area contributed by atoms with E-state index in [1.54, 1.807) is 37.5 Å². The van der Waals surface area contributed by atoms with E-state index in [0.717, 1.165) is 14.9 Å². The molecule has 0 aromatic heterocycles. The topological polar surface area (TPSA) is 66.3 Å². The van der Waals surface area contributed by atoms with Crippen molar-refractivity contribution in [2.75, 3.05) is 20.3 Å². The number of hydrogen-bond acceptors (Lipinski definition) is 6. The lowest BCUT2D eigenvalue weighted by Crippen LogP contribution is -2.05. The first-order valence-corrected chi connectivity index (χ1v) is 9.89. The third kappa shape index (κ3) is 4.46. The molecule has 0 spiro atoms. The molecule has 7 heteroatoms. The molecule has 0 atom stereocenters. The molecular formula is C21H20INO5. The van der Waals surface area contributed by atoms with E-state index in [0.29, 0.717) is 30.3 Å². The van der Waals surface area contributed by atoms with Gasteiger partial charge in [0.1, 0.15) is 5.75 Å². The molecule has 0 saturated carbocycles. The van der Waals surface area contributed by atoms with Crippen molar-refractivity contribution in [3.05, 3.63) is 56.8 Å². The van der Waals surface area contributed by atoms with Gasteiger partial charge in [-0.3, -0.25) is 0 Å². The van der Waals surface area contributed by atoms with Gasteiger partial charge in [0.2, 0.25) is 5.90 Å². The molecule has 0 N–H and O–H groups in total. The van der Waals surface area contributed by atoms with Crippen LogP contribution in [0.5, 0.6) is 17.2 Å². The van der Waals surface area contributed by atoms with Gasteiger partial charge in [-0.2, -0.15) is 0 Å². The largest absolute Gasteiger partial charge is 0.497 e. The quantitative estimate of drug-likeness (QED) is 0.324. The first-order chi connectivity index (χ1) is 13.5. The minimum absolute atomic E-state index is 0.230. The van der Waals surface area contributed by atoms with E-state index in [1.165, 1.54) is 0 Å². The fourth-order valence-corrected chi connectivity index (χ4v) is 3.42. The van der Waals surface area contributed by atoms with Crippen LogP contribution in [-0.4, -0.2) is 32.2 Å². The molecule has 0 saturated heterocycles. The molecule has 3 rings (SSSR count). The van der Waals surface area contributed by atoms with E-state index < -0.39 is 5.97 Å². The van der Waals surface area contributed by atoms with Gasteiger partial charge in [0.15, 0.2) is 17.2 Å². The zero-order chi connectivity index (χ0) is 20.1. The molecule has 1 heterocycles. The number of aliphatic imine (C=N–C) groups is 1. The summed E-state index contributed by atoms with van der Waals surface area (Å²) in [5, 5.41) is 0. The lowest BCUT2D eigenvalue weighted by molar-refractivity contribution is -0.129. The number of halogens is 1. The second-order valence-corrected chi connectivity index (χ2v) is 6.92. The highest BCUT2D eigenvalue weighted by Gasteiger charge is 2.24. The van der Waals surface area contributed by atoms with Crippen LogP contribution in [0.3, 0.4) is 0 Å². The monoisotopic (exact) mass is 493 g/mol. The average molecular weight is 493 g/mol. The number of rotatable bonds is 7. The summed E-state index contributed by atoms with van der Waals surface area (Å²) in [5.74, 6) is 1.83. The Labute approximate surface area is 177 Å². The Morgan fingerprint density at radius 1 is 1.11 bits per heavy atom. The van der Waals surface area contributed by atoms with Gasteiger partial charge in [0.05, 0.1) is 23.9 Å². The summed E-state index contributed by atoms with van der Waals surface area (Å²) in [6, 6.07) is 10.9. The van der Waals surface area contributed by atoms with Gasteiger partial charge >= 0.3 is 5.97 Å². The zero-order valence-corrected chi connectivity index (χ0v) is 18.0. The van der Waals surface area contributed by atoms with Gasteiger partial charge in [-0.05, 0) is 84.5 Å².